The predicted molar refractivity (Wildman–Crippen MR) is 85.1 cm³/mol. The van der Waals surface area contributed by atoms with Crippen LogP contribution in [0.15, 0.2) is 18.2 Å². The van der Waals surface area contributed by atoms with Gasteiger partial charge < -0.3 is 5.32 Å². The van der Waals surface area contributed by atoms with E-state index in [9.17, 15) is 4.39 Å². The summed E-state index contributed by atoms with van der Waals surface area (Å²) in [4.78, 5) is 2.48. The van der Waals surface area contributed by atoms with Gasteiger partial charge in [-0.05, 0) is 44.4 Å². The van der Waals surface area contributed by atoms with E-state index < -0.39 is 0 Å². The smallest absolute Gasteiger partial charge is 0.142 e. The predicted octanol–water partition coefficient (Wildman–Crippen LogP) is 3.98. The summed E-state index contributed by atoms with van der Waals surface area (Å²) in [5.41, 5.74) is 1.17. The van der Waals surface area contributed by atoms with Crippen molar-refractivity contribution < 1.29 is 4.39 Å². The van der Waals surface area contributed by atoms with Crippen LogP contribution < -0.4 is 5.32 Å². The Morgan fingerprint density at radius 2 is 2.14 bits per heavy atom. The fourth-order valence-electron chi connectivity index (χ4n) is 3.82. The van der Waals surface area contributed by atoms with Crippen LogP contribution in [-0.2, 0) is 6.54 Å². The Hall–Kier alpha value is -0.640. The molecule has 1 saturated heterocycles. The summed E-state index contributed by atoms with van der Waals surface area (Å²) in [6.45, 7) is 5.12. The van der Waals surface area contributed by atoms with Gasteiger partial charge in [0.1, 0.15) is 5.82 Å². The summed E-state index contributed by atoms with van der Waals surface area (Å²) in [6.07, 6.45) is 6.28. The van der Waals surface area contributed by atoms with Gasteiger partial charge in [0.25, 0.3) is 0 Å². The van der Waals surface area contributed by atoms with Crippen LogP contribution in [0, 0.1) is 5.82 Å². The molecule has 0 bridgehead atoms. The van der Waals surface area contributed by atoms with E-state index in [0.29, 0.717) is 6.04 Å². The van der Waals surface area contributed by atoms with E-state index in [1.54, 1.807) is 6.07 Å². The summed E-state index contributed by atoms with van der Waals surface area (Å²) in [5.74, 6) is -0.314. The normalized spacial score (nSPS) is 26.1. The Balaban J connectivity index is 1.79. The minimum Gasteiger partial charge on any atom is -0.310 e. The molecule has 1 N–H and O–H groups in total. The number of hydrogen-bond donors (Lipinski definition) is 1. The maximum Gasteiger partial charge on any atom is 0.142 e. The van der Waals surface area contributed by atoms with Crippen molar-refractivity contribution in [3.05, 3.63) is 34.6 Å². The second-order valence-electron chi connectivity index (χ2n) is 6.67. The molecule has 1 aliphatic carbocycles. The standard InChI is InChI=1S/C17H24ClFN2/c1-13-7-10-20-17(8-2-3-9-17)12-21(13)11-14-5-4-6-15(19)16(14)18/h4-6,13,20H,2-3,7-12H2,1H3. The fourth-order valence-corrected chi connectivity index (χ4v) is 4.00. The average molecular weight is 311 g/mol. The zero-order valence-electron chi connectivity index (χ0n) is 12.7. The molecule has 116 valence electrons. The summed E-state index contributed by atoms with van der Waals surface area (Å²) in [6, 6.07) is 5.62. The molecule has 1 heterocycles. The molecule has 1 spiro atoms. The first-order valence-electron chi connectivity index (χ1n) is 8.02. The fraction of sp³-hybridized carbons (Fsp3) is 0.647. The van der Waals surface area contributed by atoms with E-state index in [0.717, 1.165) is 31.6 Å². The van der Waals surface area contributed by atoms with Gasteiger partial charge in [-0.2, -0.15) is 0 Å². The van der Waals surface area contributed by atoms with E-state index >= 15 is 0 Å². The quantitative estimate of drug-likeness (QED) is 0.889. The lowest BCUT2D eigenvalue weighted by Gasteiger charge is -2.35. The molecule has 1 unspecified atom stereocenters. The highest BCUT2D eigenvalue weighted by Crippen LogP contribution is 2.34. The highest BCUT2D eigenvalue weighted by atomic mass is 35.5. The number of hydrogen-bond acceptors (Lipinski definition) is 2. The maximum absolute atomic E-state index is 13.6. The number of halogens is 2. The van der Waals surface area contributed by atoms with E-state index in [4.69, 9.17) is 11.6 Å². The van der Waals surface area contributed by atoms with Gasteiger partial charge in [0.05, 0.1) is 5.02 Å². The minimum absolute atomic E-state index is 0.268. The third-order valence-electron chi connectivity index (χ3n) is 5.16. The molecule has 0 radical (unpaired) electrons. The molecule has 2 aliphatic rings. The van der Waals surface area contributed by atoms with E-state index in [1.807, 2.05) is 6.07 Å². The van der Waals surface area contributed by atoms with Crippen LogP contribution in [0.3, 0.4) is 0 Å². The van der Waals surface area contributed by atoms with Crippen LogP contribution in [0.1, 0.15) is 44.6 Å². The molecule has 4 heteroatoms. The van der Waals surface area contributed by atoms with Crippen molar-refractivity contribution in [3.63, 3.8) is 0 Å². The Labute approximate surface area is 131 Å². The van der Waals surface area contributed by atoms with Crippen molar-refractivity contribution in [3.8, 4) is 0 Å². The molecule has 0 aromatic heterocycles. The molecule has 2 fully saturated rings. The SMILES string of the molecule is CC1CCNC2(CCCC2)CN1Cc1cccc(F)c1Cl. The molecule has 1 atom stereocenters. The van der Waals surface area contributed by atoms with Gasteiger partial charge in [-0.3, -0.25) is 4.90 Å². The molecule has 1 saturated carbocycles. The van der Waals surface area contributed by atoms with Crippen molar-refractivity contribution in [2.75, 3.05) is 13.1 Å². The number of nitrogens with one attached hydrogen (secondary N) is 1. The van der Waals surface area contributed by atoms with E-state index in [1.165, 1.54) is 31.7 Å². The van der Waals surface area contributed by atoms with E-state index in [-0.39, 0.29) is 16.4 Å². The van der Waals surface area contributed by atoms with Gasteiger partial charge in [-0.1, -0.05) is 36.6 Å². The third-order valence-corrected chi connectivity index (χ3v) is 5.58. The summed E-state index contributed by atoms with van der Waals surface area (Å²) in [5, 5.41) is 4.06. The maximum atomic E-state index is 13.6. The lowest BCUT2D eigenvalue weighted by atomic mass is 9.96. The summed E-state index contributed by atoms with van der Waals surface area (Å²) >= 11 is 6.13. The monoisotopic (exact) mass is 310 g/mol. The minimum atomic E-state index is -0.314. The lowest BCUT2D eigenvalue weighted by Crippen LogP contribution is -2.50. The molecular formula is C17H24ClFN2. The topological polar surface area (TPSA) is 15.3 Å². The second-order valence-corrected chi connectivity index (χ2v) is 7.05. The Kier molecular flexibility index (Phi) is 4.53. The van der Waals surface area contributed by atoms with Crippen molar-refractivity contribution in [1.29, 1.82) is 0 Å². The first-order valence-corrected chi connectivity index (χ1v) is 8.39. The molecule has 1 aromatic carbocycles. The molecule has 1 aliphatic heterocycles. The van der Waals surface area contributed by atoms with Gasteiger partial charge in [0, 0.05) is 24.7 Å². The van der Waals surface area contributed by atoms with Crippen LogP contribution in [0.25, 0.3) is 0 Å². The number of nitrogens with zero attached hydrogens (tertiary/aromatic N) is 1. The highest BCUT2D eigenvalue weighted by Gasteiger charge is 2.38. The Morgan fingerprint density at radius 1 is 1.38 bits per heavy atom. The van der Waals surface area contributed by atoms with Crippen molar-refractivity contribution in [1.82, 2.24) is 10.2 Å². The zero-order chi connectivity index (χ0) is 14.9. The van der Waals surface area contributed by atoms with Gasteiger partial charge in [-0.25, -0.2) is 4.39 Å². The first-order chi connectivity index (χ1) is 10.1. The van der Waals surface area contributed by atoms with Gasteiger partial charge in [0.2, 0.25) is 0 Å². The van der Waals surface area contributed by atoms with Crippen molar-refractivity contribution in [2.45, 2.75) is 57.2 Å². The number of rotatable bonds is 2. The van der Waals surface area contributed by atoms with E-state index in [2.05, 4.69) is 17.1 Å². The van der Waals surface area contributed by atoms with Crippen LogP contribution in [0.4, 0.5) is 4.39 Å². The van der Waals surface area contributed by atoms with Crippen LogP contribution in [0.2, 0.25) is 5.02 Å². The summed E-state index contributed by atoms with van der Waals surface area (Å²) < 4.78 is 13.6. The molecule has 21 heavy (non-hydrogen) atoms. The van der Waals surface area contributed by atoms with Gasteiger partial charge in [-0.15, -0.1) is 0 Å². The zero-order valence-corrected chi connectivity index (χ0v) is 13.4. The third kappa shape index (κ3) is 3.25. The Morgan fingerprint density at radius 3 is 2.90 bits per heavy atom. The van der Waals surface area contributed by atoms with Crippen LogP contribution in [-0.4, -0.2) is 29.6 Å². The molecule has 1 aromatic rings. The lowest BCUT2D eigenvalue weighted by molar-refractivity contribution is 0.160. The van der Waals surface area contributed by atoms with Gasteiger partial charge in [0.15, 0.2) is 0 Å². The summed E-state index contributed by atoms with van der Waals surface area (Å²) in [7, 11) is 0. The van der Waals surface area contributed by atoms with Crippen LogP contribution >= 0.6 is 11.6 Å². The van der Waals surface area contributed by atoms with Crippen molar-refractivity contribution in [2.24, 2.45) is 0 Å². The molecule has 0 amide bonds. The van der Waals surface area contributed by atoms with Gasteiger partial charge >= 0.3 is 0 Å². The highest BCUT2D eigenvalue weighted by molar-refractivity contribution is 6.31. The number of benzene rings is 1. The second kappa shape index (κ2) is 6.23. The van der Waals surface area contributed by atoms with Crippen molar-refractivity contribution >= 4 is 11.6 Å². The first kappa shape index (κ1) is 15.3. The molecule has 2 nitrogen and oxygen atoms in total. The van der Waals surface area contributed by atoms with Crippen LogP contribution in [0.5, 0.6) is 0 Å². The Bertz CT molecular complexity index is 500. The molecular weight excluding hydrogens is 287 g/mol. The average Bonchev–Trinajstić information content (AvgIpc) is 2.85. The largest absolute Gasteiger partial charge is 0.310 e. The molecule has 3 rings (SSSR count).